The number of phosphoric ester groups is 1. The number of carboxylic acid groups (broad SMARTS) is 1. The molecule has 0 spiro atoms. The summed E-state index contributed by atoms with van der Waals surface area (Å²) in [6.45, 7) is 2.59. The van der Waals surface area contributed by atoms with Crippen LogP contribution in [0, 0.1) is 0 Å². The van der Waals surface area contributed by atoms with E-state index >= 15 is 0 Å². The minimum Gasteiger partial charge on any atom is -0.480 e. The number of carbonyl (C=O) groups excluding carboxylic acids is 2. The molecule has 0 bridgehead atoms. The summed E-state index contributed by atoms with van der Waals surface area (Å²) in [6.07, 6.45) is 40.0. The lowest BCUT2D eigenvalue weighted by atomic mass is 10.1. The van der Waals surface area contributed by atoms with E-state index in [2.05, 4.69) is 79.1 Å². The SMILES string of the molecule is CC/C=C\C/C=C\C/C=C\CCCCCCCC(=O)OC(COC(=O)CCCCCCC/C=C\C/C=C\CCCC)COP(=O)(O)OCC(N)C(=O)O. The van der Waals surface area contributed by atoms with Crippen molar-refractivity contribution in [3.63, 3.8) is 0 Å². The zero-order valence-electron chi connectivity index (χ0n) is 32.6. The second kappa shape index (κ2) is 36.2. The van der Waals surface area contributed by atoms with E-state index < -0.39 is 51.1 Å². The van der Waals surface area contributed by atoms with Crippen LogP contribution in [-0.4, -0.2) is 59.9 Å². The molecule has 12 heteroatoms. The number of unbranched alkanes of at least 4 members (excludes halogenated alkanes) is 12. The Morgan fingerprint density at radius 3 is 1.58 bits per heavy atom. The first-order valence-electron chi connectivity index (χ1n) is 19.8. The zero-order valence-corrected chi connectivity index (χ0v) is 33.5. The van der Waals surface area contributed by atoms with Gasteiger partial charge in [0.05, 0.1) is 13.2 Å². The summed E-state index contributed by atoms with van der Waals surface area (Å²) in [5.74, 6) is -2.43. The maximum Gasteiger partial charge on any atom is 0.472 e. The molecule has 3 atom stereocenters. The summed E-state index contributed by atoms with van der Waals surface area (Å²) in [5, 5.41) is 8.87. The summed E-state index contributed by atoms with van der Waals surface area (Å²) in [4.78, 5) is 45.8. The lowest BCUT2D eigenvalue weighted by Crippen LogP contribution is -2.34. The van der Waals surface area contributed by atoms with E-state index in [1.807, 2.05) is 0 Å². The number of esters is 2. The Balaban J connectivity index is 4.48. The van der Waals surface area contributed by atoms with Crippen molar-refractivity contribution in [3.8, 4) is 0 Å². The molecule has 304 valence electrons. The number of carbonyl (C=O) groups is 3. The van der Waals surface area contributed by atoms with Gasteiger partial charge in [0.25, 0.3) is 0 Å². The van der Waals surface area contributed by atoms with Crippen LogP contribution in [0.2, 0.25) is 0 Å². The monoisotopic (exact) mass is 767 g/mol. The molecule has 0 amide bonds. The van der Waals surface area contributed by atoms with Gasteiger partial charge in [-0.25, -0.2) is 4.57 Å². The lowest BCUT2D eigenvalue weighted by molar-refractivity contribution is -0.161. The third-order valence-corrected chi connectivity index (χ3v) is 8.95. The molecule has 0 rings (SSSR count). The zero-order chi connectivity index (χ0) is 39.3. The maximum atomic E-state index is 12.6. The number of aliphatic carboxylic acids is 1. The second-order valence-electron chi connectivity index (χ2n) is 13.0. The fourth-order valence-electron chi connectivity index (χ4n) is 4.86. The fourth-order valence-corrected chi connectivity index (χ4v) is 5.64. The van der Waals surface area contributed by atoms with E-state index in [0.29, 0.717) is 12.8 Å². The maximum absolute atomic E-state index is 12.6. The summed E-state index contributed by atoms with van der Waals surface area (Å²) >= 11 is 0. The first-order chi connectivity index (χ1) is 25.6. The van der Waals surface area contributed by atoms with Crippen molar-refractivity contribution in [1.29, 1.82) is 0 Å². The van der Waals surface area contributed by atoms with Crippen molar-refractivity contribution in [2.45, 2.75) is 161 Å². The molecule has 11 nitrogen and oxygen atoms in total. The summed E-state index contributed by atoms with van der Waals surface area (Å²) in [5.41, 5.74) is 5.32. The smallest absolute Gasteiger partial charge is 0.472 e. The van der Waals surface area contributed by atoms with Gasteiger partial charge in [-0.2, -0.15) is 0 Å². The average Bonchev–Trinajstić information content (AvgIpc) is 3.13. The average molecular weight is 768 g/mol. The number of allylic oxidation sites excluding steroid dienone is 10. The third-order valence-electron chi connectivity index (χ3n) is 8.00. The molecule has 0 aromatic rings. The van der Waals surface area contributed by atoms with Crippen LogP contribution in [0.4, 0.5) is 0 Å². The Hall–Kier alpha value is -2.82. The summed E-state index contributed by atoms with van der Waals surface area (Å²) in [6, 6.07) is -1.53. The molecule has 0 aliphatic rings. The molecular formula is C41H70NO10P. The molecule has 4 N–H and O–H groups in total. The van der Waals surface area contributed by atoms with E-state index in [4.69, 9.17) is 24.8 Å². The minimum absolute atomic E-state index is 0.136. The van der Waals surface area contributed by atoms with Crippen LogP contribution in [0.25, 0.3) is 0 Å². The first kappa shape index (κ1) is 50.2. The molecule has 0 aromatic heterocycles. The van der Waals surface area contributed by atoms with E-state index in [9.17, 15) is 23.8 Å². The Morgan fingerprint density at radius 1 is 0.604 bits per heavy atom. The van der Waals surface area contributed by atoms with E-state index in [1.165, 1.54) is 12.8 Å². The largest absolute Gasteiger partial charge is 0.480 e. The van der Waals surface area contributed by atoms with Crippen molar-refractivity contribution in [1.82, 2.24) is 0 Å². The molecule has 0 aromatic carbocycles. The molecule has 0 heterocycles. The number of carboxylic acids is 1. The number of nitrogens with two attached hydrogens (primary N) is 1. The van der Waals surface area contributed by atoms with Gasteiger partial charge in [-0.1, -0.05) is 126 Å². The van der Waals surface area contributed by atoms with Gasteiger partial charge in [0, 0.05) is 12.8 Å². The Bertz CT molecular complexity index is 1130. The van der Waals surface area contributed by atoms with Crippen molar-refractivity contribution in [3.05, 3.63) is 60.8 Å². The highest BCUT2D eigenvalue weighted by atomic mass is 31.2. The Kier molecular flexibility index (Phi) is 34.2. The van der Waals surface area contributed by atoms with Crippen molar-refractivity contribution >= 4 is 25.7 Å². The molecule has 0 radical (unpaired) electrons. The van der Waals surface area contributed by atoms with E-state index in [0.717, 1.165) is 96.3 Å². The van der Waals surface area contributed by atoms with E-state index in [-0.39, 0.29) is 19.4 Å². The van der Waals surface area contributed by atoms with Gasteiger partial charge in [-0.3, -0.25) is 23.4 Å². The quantitative estimate of drug-likeness (QED) is 0.0240. The van der Waals surface area contributed by atoms with Gasteiger partial charge in [0.15, 0.2) is 6.10 Å². The second-order valence-corrected chi connectivity index (χ2v) is 14.5. The third kappa shape index (κ3) is 36.0. The minimum atomic E-state index is -4.72. The van der Waals surface area contributed by atoms with Crippen LogP contribution < -0.4 is 5.73 Å². The van der Waals surface area contributed by atoms with E-state index in [1.54, 1.807) is 0 Å². The lowest BCUT2D eigenvalue weighted by Gasteiger charge is -2.20. The van der Waals surface area contributed by atoms with Crippen LogP contribution >= 0.6 is 7.82 Å². The molecule has 0 saturated carbocycles. The fraction of sp³-hybridized carbons (Fsp3) is 0.683. The molecule has 53 heavy (non-hydrogen) atoms. The van der Waals surface area contributed by atoms with Crippen molar-refractivity contribution in [2.24, 2.45) is 5.73 Å². The Morgan fingerprint density at radius 2 is 1.06 bits per heavy atom. The number of ether oxygens (including phenoxy) is 2. The summed E-state index contributed by atoms with van der Waals surface area (Å²) < 4.78 is 32.6. The normalized spacial score (nSPS) is 14.5. The molecule has 0 aliphatic carbocycles. The molecule has 0 fully saturated rings. The van der Waals surface area contributed by atoms with Crippen LogP contribution in [-0.2, 0) is 37.5 Å². The standard InChI is InChI=1S/C41H70NO10P/c1-3-5-7-9-11-13-15-17-19-21-23-25-27-29-31-33-40(44)52-37(35-50-53(47,48)51-36-38(42)41(45)46)34-49-39(43)32-30-28-26-24-22-20-18-16-14-12-10-8-6-4-2/h5,7,10-13,16-19,37-38H,3-4,6,8-9,14-15,20-36,42H2,1-2H3,(H,45,46)(H,47,48)/b7-5-,12-10-,13-11-,18-16-,19-17-. The first-order valence-corrected chi connectivity index (χ1v) is 21.3. The van der Waals surface area contributed by atoms with Gasteiger partial charge in [-0.15, -0.1) is 0 Å². The number of rotatable bonds is 36. The molecular weight excluding hydrogens is 697 g/mol. The highest BCUT2D eigenvalue weighted by molar-refractivity contribution is 7.47. The molecule has 3 unspecified atom stereocenters. The van der Waals surface area contributed by atoms with Crippen molar-refractivity contribution < 1.29 is 47.5 Å². The highest BCUT2D eigenvalue weighted by Gasteiger charge is 2.28. The predicted molar refractivity (Wildman–Crippen MR) is 212 cm³/mol. The number of hydrogen-bond donors (Lipinski definition) is 3. The highest BCUT2D eigenvalue weighted by Crippen LogP contribution is 2.43. The van der Waals surface area contributed by atoms with Gasteiger partial charge in [-0.05, 0) is 70.6 Å². The van der Waals surface area contributed by atoms with Crippen molar-refractivity contribution in [2.75, 3.05) is 19.8 Å². The van der Waals surface area contributed by atoms with Gasteiger partial charge in [0.2, 0.25) is 0 Å². The number of phosphoric acid groups is 1. The van der Waals surface area contributed by atoms with Crippen LogP contribution in [0.3, 0.4) is 0 Å². The Labute approximate surface area is 319 Å². The predicted octanol–water partition coefficient (Wildman–Crippen LogP) is 10.00. The number of hydrogen-bond acceptors (Lipinski definition) is 9. The van der Waals surface area contributed by atoms with Gasteiger partial charge >= 0.3 is 25.7 Å². The summed E-state index contributed by atoms with van der Waals surface area (Å²) in [7, 11) is -4.72. The van der Waals surface area contributed by atoms with Crippen LogP contribution in [0.15, 0.2) is 60.8 Å². The topological polar surface area (TPSA) is 172 Å². The van der Waals surface area contributed by atoms with Crippen LogP contribution in [0.5, 0.6) is 0 Å². The molecule has 0 saturated heterocycles. The van der Waals surface area contributed by atoms with Crippen LogP contribution in [0.1, 0.15) is 149 Å². The van der Waals surface area contributed by atoms with Gasteiger partial charge < -0.3 is 25.2 Å². The molecule has 0 aliphatic heterocycles. The van der Waals surface area contributed by atoms with Gasteiger partial charge in [0.1, 0.15) is 12.6 Å².